The van der Waals surface area contributed by atoms with Crippen LogP contribution >= 0.6 is 0 Å². The Morgan fingerprint density at radius 2 is 1.63 bits per heavy atom. The van der Waals surface area contributed by atoms with Crippen molar-refractivity contribution in [3.05, 3.63) is 97.1 Å². The Labute approximate surface area is 174 Å². The van der Waals surface area contributed by atoms with Gasteiger partial charge in [-0.05, 0) is 34.7 Å². The number of hydrogen-bond acceptors (Lipinski definition) is 4. The number of hydrogen-bond donors (Lipinski definition) is 0. The van der Waals surface area contributed by atoms with E-state index in [-0.39, 0.29) is 0 Å². The van der Waals surface area contributed by atoms with Crippen molar-refractivity contribution in [2.24, 2.45) is 7.05 Å². The van der Waals surface area contributed by atoms with Crippen LogP contribution in [0.1, 0.15) is 5.56 Å². The normalized spacial score (nSPS) is 11.0. The fourth-order valence-corrected chi connectivity index (χ4v) is 3.56. The number of fused-ring (bicyclic) bond motifs is 1. The van der Waals surface area contributed by atoms with Crippen molar-refractivity contribution < 1.29 is 4.74 Å². The zero-order valence-corrected chi connectivity index (χ0v) is 16.6. The van der Waals surface area contributed by atoms with Crippen LogP contribution in [0.5, 0.6) is 5.88 Å². The van der Waals surface area contributed by atoms with Gasteiger partial charge in [-0.1, -0.05) is 48.5 Å². The topological polar surface area (TPSA) is 52.8 Å². The fraction of sp³-hybridized carbons (Fsp3) is 0.0800. The van der Waals surface area contributed by atoms with Gasteiger partial charge in [0.25, 0.3) is 0 Å². The summed E-state index contributed by atoms with van der Waals surface area (Å²) in [5.74, 6) is 0.614. The summed E-state index contributed by atoms with van der Waals surface area (Å²) in [6, 6.07) is 22.6. The Morgan fingerprint density at radius 1 is 0.833 bits per heavy atom. The summed E-state index contributed by atoms with van der Waals surface area (Å²) in [5, 5.41) is 6.81. The first-order chi connectivity index (χ1) is 14.8. The fourth-order valence-electron chi connectivity index (χ4n) is 3.56. The lowest BCUT2D eigenvalue weighted by molar-refractivity contribution is 0.292. The second kappa shape index (κ2) is 7.79. The zero-order valence-electron chi connectivity index (χ0n) is 16.6. The SMILES string of the molecule is Cn1cc(-c2ccncc2)c(OCc2ccc(-c3nccc4ccccc34)cc2)n1. The number of ether oxygens (including phenoxy) is 1. The van der Waals surface area contributed by atoms with E-state index >= 15 is 0 Å². The maximum Gasteiger partial charge on any atom is 0.241 e. The van der Waals surface area contributed by atoms with Crippen LogP contribution in [-0.2, 0) is 13.7 Å². The van der Waals surface area contributed by atoms with E-state index in [0.717, 1.165) is 33.3 Å². The van der Waals surface area contributed by atoms with Crippen LogP contribution in [0.3, 0.4) is 0 Å². The molecule has 0 saturated carbocycles. The van der Waals surface area contributed by atoms with Gasteiger partial charge < -0.3 is 4.74 Å². The quantitative estimate of drug-likeness (QED) is 0.408. The predicted octanol–water partition coefficient (Wildman–Crippen LogP) is 5.28. The Bertz CT molecular complexity index is 1290. The van der Waals surface area contributed by atoms with Gasteiger partial charge in [-0.15, -0.1) is 5.10 Å². The molecule has 0 unspecified atom stereocenters. The van der Waals surface area contributed by atoms with E-state index in [2.05, 4.69) is 51.5 Å². The minimum absolute atomic E-state index is 0.443. The van der Waals surface area contributed by atoms with Crippen LogP contribution in [-0.4, -0.2) is 19.7 Å². The van der Waals surface area contributed by atoms with Gasteiger partial charge in [-0.25, -0.2) is 0 Å². The van der Waals surface area contributed by atoms with Crippen LogP contribution in [0.2, 0.25) is 0 Å². The lowest BCUT2D eigenvalue weighted by Gasteiger charge is -2.08. The molecule has 0 fully saturated rings. The first-order valence-corrected chi connectivity index (χ1v) is 9.78. The summed E-state index contributed by atoms with van der Waals surface area (Å²) < 4.78 is 7.81. The summed E-state index contributed by atoms with van der Waals surface area (Å²) in [4.78, 5) is 8.68. The maximum absolute atomic E-state index is 6.05. The van der Waals surface area contributed by atoms with E-state index in [9.17, 15) is 0 Å². The van der Waals surface area contributed by atoms with Crippen molar-refractivity contribution in [1.82, 2.24) is 19.7 Å². The van der Waals surface area contributed by atoms with E-state index in [0.29, 0.717) is 12.5 Å². The van der Waals surface area contributed by atoms with Crippen molar-refractivity contribution in [2.45, 2.75) is 6.61 Å². The van der Waals surface area contributed by atoms with Crippen LogP contribution in [0.4, 0.5) is 0 Å². The zero-order chi connectivity index (χ0) is 20.3. The molecule has 0 aliphatic heterocycles. The lowest BCUT2D eigenvalue weighted by atomic mass is 10.0. The molecule has 0 aliphatic rings. The molecule has 3 aromatic heterocycles. The van der Waals surface area contributed by atoms with Gasteiger partial charge in [-0.3, -0.25) is 14.6 Å². The van der Waals surface area contributed by atoms with Crippen LogP contribution in [0.15, 0.2) is 91.5 Å². The molecule has 0 spiro atoms. The Balaban J connectivity index is 1.37. The van der Waals surface area contributed by atoms with Crippen LogP contribution in [0, 0.1) is 0 Å². The molecular weight excluding hydrogens is 372 g/mol. The highest BCUT2D eigenvalue weighted by Crippen LogP contribution is 2.29. The number of nitrogens with zero attached hydrogens (tertiary/aromatic N) is 4. The second-order valence-corrected chi connectivity index (χ2v) is 7.12. The van der Waals surface area contributed by atoms with Crippen molar-refractivity contribution in [3.8, 4) is 28.3 Å². The smallest absolute Gasteiger partial charge is 0.241 e. The van der Waals surface area contributed by atoms with Crippen molar-refractivity contribution in [2.75, 3.05) is 0 Å². The summed E-state index contributed by atoms with van der Waals surface area (Å²) in [7, 11) is 1.89. The van der Waals surface area contributed by atoms with Gasteiger partial charge in [0.2, 0.25) is 5.88 Å². The summed E-state index contributed by atoms with van der Waals surface area (Å²) in [6.45, 7) is 0.443. The highest BCUT2D eigenvalue weighted by molar-refractivity contribution is 5.94. The third-order valence-electron chi connectivity index (χ3n) is 5.06. The Morgan fingerprint density at radius 3 is 2.47 bits per heavy atom. The Kier molecular flexibility index (Phi) is 4.69. The van der Waals surface area contributed by atoms with Crippen molar-refractivity contribution in [3.63, 3.8) is 0 Å². The molecule has 5 nitrogen and oxygen atoms in total. The molecule has 3 heterocycles. The van der Waals surface area contributed by atoms with Gasteiger partial charge in [0.15, 0.2) is 0 Å². The van der Waals surface area contributed by atoms with Crippen molar-refractivity contribution >= 4 is 10.8 Å². The molecule has 2 aromatic carbocycles. The number of pyridine rings is 2. The van der Waals surface area contributed by atoms with E-state index in [1.165, 1.54) is 5.39 Å². The van der Waals surface area contributed by atoms with Gasteiger partial charge in [-0.2, -0.15) is 0 Å². The summed E-state index contributed by atoms with van der Waals surface area (Å²) in [5.41, 5.74) is 5.14. The van der Waals surface area contributed by atoms with Crippen LogP contribution in [0.25, 0.3) is 33.2 Å². The molecular formula is C25H20N4O. The molecule has 5 aromatic rings. The standard InChI is InChI=1S/C25H20N4O/c1-29-16-23(20-10-13-26-14-11-20)25(28-29)30-17-18-6-8-21(9-7-18)24-22-5-3-2-4-19(22)12-15-27-24/h2-16H,17H2,1H3. The molecule has 0 bridgehead atoms. The van der Waals surface area contributed by atoms with E-state index < -0.39 is 0 Å². The molecule has 0 radical (unpaired) electrons. The van der Waals surface area contributed by atoms with E-state index in [1.807, 2.05) is 49.8 Å². The highest BCUT2D eigenvalue weighted by Gasteiger charge is 2.12. The second-order valence-electron chi connectivity index (χ2n) is 7.12. The largest absolute Gasteiger partial charge is 0.471 e. The number of benzene rings is 2. The molecule has 30 heavy (non-hydrogen) atoms. The van der Waals surface area contributed by atoms with Gasteiger partial charge in [0.1, 0.15) is 6.61 Å². The minimum Gasteiger partial charge on any atom is -0.471 e. The molecule has 0 N–H and O–H groups in total. The summed E-state index contributed by atoms with van der Waals surface area (Å²) in [6.07, 6.45) is 7.36. The monoisotopic (exact) mass is 392 g/mol. The number of rotatable bonds is 5. The number of aromatic nitrogens is 4. The molecule has 146 valence electrons. The van der Waals surface area contributed by atoms with E-state index in [4.69, 9.17) is 4.74 Å². The minimum atomic E-state index is 0.443. The molecule has 0 aliphatic carbocycles. The van der Waals surface area contributed by atoms with Gasteiger partial charge >= 0.3 is 0 Å². The highest BCUT2D eigenvalue weighted by atomic mass is 16.5. The molecule has 5 heteroatoms. The van der Waals surface area contributed by atoms with Gasteiger partial charge in [0, 0.05) is 42.8 Å². The molecule has 0 saturated heterocycles. The summed E-state index contributed by atoms with van der Waals surface area (Å²) >= 11 is 0. The first kappa shape index (κ1) is 18.1. The van der Waals surface area contributed by atoms with Gasteiger partial charge in [0.05, 0.1) is 11.3 Å². The van der Waals surface area contributed by atoms with Crippen molar-refractivity contribution in [1.29, 1.82) is 0 Å². The maximum atomic E-state index is 6.05. The third kappa shape index (κ3) is 3.53. The average molecular weight is 392 g/mol. The molecule has 0 amide bonds. The molecule has 0 atom stereocenters. The number of aryl methyl sites for hydroxylation is 1. The molecule has 5 rings (SSSR count). The first-order valence-electron chi connectivity index (χ1n) is 9.78. The predicted molar refractivity (Wildman–Crippen MR) is 118 cm³/mol. The van der Waals surface area contributed by atoms with Crippen LogP contribution < -0.4 is 4.74 Å². The average Bonchev–Trinajstić information content (AvgIpc) is 3.19. The Hall–Kier alpha value is -3.99. The third-order valence-corrected chi connectivity index (χ3v) is 5.06. The van der Waals surface area contributed by atoms with E-state index in [1.54, 1.807) is 17.1 Å². The lowest BCUT2D eigenvalue weighted by Crippen LogP contribution is -1.98.